The van der Waals surface area contributed by atoms with E-state index in [4.69, 9.17) is 4.74 Å². The Balaban J connectivity index is 1.10. The largest absolute Gasteiger partial charge is 0.489 e. The van der Waals surface area contributed by atoms with Crippen molar-refractivity contribution in [2.24, 2.45) is 0 Å². The number of aryl methyl sites for hydroxylation is 1. The summed E-state index contributed by atoms with van der Waals surface area (Å²) in [6.45, 7) is 5.25. The Kier molecular flexibility index (Phi) is 7.58. The molecule has 0 aliphatic carbocycles. The first-order valence-electron chi connectivity index (χ1n) is 14.3. The molecule has 8 heteroatoms. The Morgan fingerprint density at radius 2 is 1.76 bits per heavy atom. The number of carbonyl (C=O) groups excluding carboxylic acids is 3. The molecule has 3 heterocycles. The number of imide groups is 1. The van der Waals surface area contributed by atoms with Crippen LogP contribution in [0.1, 0.15) is 69.8 Å². The van der Waals surface area contributed by atoms with Crippen LogP contribution in [0.2, 0.25) is 0 Å². The number of rotatable bonds is 7. The Labute approximate surface area is 239 Å². The molecule has 6 rings (SSSR count). The standard InChI is InChI=1S/C33H34FN3O4/c1-21-7-8-24(30(15-21)41-20-22-5-3-2-4-6-22)18-36-13-11-23(12-14-36)26-16-25-19-37(33(40)27(25)17-28(26)34)29-9-10-31(38)35-32(29)39/h2-8,15-17,23,29H,9-14,18-20H2,1H3,(H,35,38,39). The van der Waals surface area contributed by atoms with E-state index in [2.05, 4.69) is 47.5 Å². The second kappa shape index (κ2) is 11.4. The van der Waals surface area contributed by atoms with E-state index in [0.717, 1.165) is 60.5 Å². The summed E-state index contributed by atoms with van der Waals surface area (Å²) < 4.78 is 21.6. The smallest absolute Gasteiger partial charge is 0.255 e. The number of piperidine rings is 2. The SMILES string of the molecule is Cc1ccc(CN2CCC(c3cc4c(cc3F)C(=O)N(C3CCC(=O)NC3=O)C4)CC2)c(OCc2ccccc2)c1. The first-order chi connectivity index (χ1) is 19.9. The molecule has 3 amide bonds. The normalized spacial score (nSPS) is 19.8. The van der Waals surface area contributed by atoms with Crippen molar-refractivity contribution in [2.75, 3.05) is 13.1 Å². The fraction of sp³-hybridized carbons (Fsp3) is 0.364. The zero-order valence-electron chi connectivity index (χ0n) is 23.2. The van der Waals surface area contributed by atoms with E-state index in [1.54, 1.807) is 0 Å². The summed E-state index contributed by atoms with van der Waals surface area (Å²) in [4.78, 5) is 40.8. The number of ether oxygens (including phenoxy) is 1. The minimum Gasteiger partial charge on any atom is -0.489 e. The number of hydrogen-bond acceptors (Lipinski definition) is 5. The molecule has 0 bridgehead atoms. The third-order valence-electron chi connectivity index (χ3n) is 8.52. The Hall–Kier alpha value is -4.04. The summed E-state index contributed by atoms with van der Waals surface area (Å²) in [7, 11) is 0. The highest BCUT2D eigenvalue weighted by atomic mass is 19.1. The molecule has 1 atom stereocenters. The molecule has 41 heavy (non-hydrogen) atoms. The first-order valence-corrected chi connectivity index (χ1v) is 14.3. The molecule has 1 unspecified atom stereocenters. The average Bonchev–Trinajstić information content (AvgIpc) is 3.28. The lowest BCUT2D eigenvalue weighted by molar-refractivity contribution is -0.136. The lowest BCUT2D eigenvalue weighted by atomic mass is 9.87. The summed E-state index contributed by atoms with van der Waals surface area (Å²) in [5, 5.41) is 2.31. The summed E-state index contributed by atoms with van der Waals surface area (Å²) in [6, 6.07) is 18.9. The van der Waals surface area contributed by atoms with E-state index in [9.17, 15) is 14.4 Å². The number of fused-ring (bicyclic) bond motifs is 1. The molecule has 7 nitrogen and oxygen atoms in total. The predicted octanol–water partition coefficient (Wildman–Crippen LogP) is 4.85. The van der Waals surface area contributed by atoms with Crippen LogP contribution in [0.5, 0.6) is 5.75 Å². The quantitative estimate of drug-likeness (QED) is 0.422. The molecular formula is C33H34FN3O4. The van der Waals surface area contributed by atoms with Gasteiger partial charge in [-0.25, -0.2) is 4.39 Å². The Bertz CT molecular complexity index is 1480. The number of amides is 3. The zero-order chi connectivity index (χ0) is 28.5. The number of likely N-dealkylation sites (tertiary alicyclic amines) is 1. The number of benzene rings is 3. The minimum absolute atomic E-state index is 0.0584. The topological polar surface area (TPSA) is 79.0 Å². The Morgan fingerprint density at radius 3 is 2.51 bits per heavy atom. The lowest BCUT2D eigenvalue weighted by Gasteiger charge is -2.33. The molecule has 3 aliphatic rings. The summed E-state index contributed by atoms with van der Waals surface area (Å²) >= 11 is 0. The van der Waals surface area contributed by atoms with Crippen LogP contribution >= 0.6 is 0 Å². The van der Waals surface area contributed by atoms with Crippen molar-refractivity contribution in [3.8, 4) is 5.75 Å². The van der Waals surface area contributed by atoms with Crippen LogP contribution < -0.4 is 10.1 Å². The molecule has 0 radical (unpaired) electrons. The van der Waals surface area contributed by atoms with Crippen LogP contribution in [0.25, 0.3) is 0 Å². The van der Waals surface area contributed by atoms with Gasteiger partial charge in [-0.2, -0.15) is 0 Å². The first kappa shape index (κ1) is 27.1. The van der Waals surface area contributed by atoms with Crippen LogP contribution in [-0.4, -0.2) is 46.7 Å². The molecule has 212 valence electrons. The van der Waals surface area contributed by atoms with Gasteiger partial charge in [-0.05, 0) is 79.6 Å². The van der Waals surface area contributed by atoms with Gasteiger partial charge in [-0.1, -0.05) is 48.5 Å². The highest BCUT2D eigenvalue weighted by Gasteiger charge is 2.40. The van der Waals surface area contributed by atoms with Gasteiger partial charge in [0.1, 0.15) is 24.2 Å². The maximum absolute atomic E-state index is 15.3. The average molecular weight is 556 g/mol. The van der Waals surface area contributed by atoms with E-state index < -0.39 is 11.9 Å². The third kappa shape index (κ3) is 5.75. The summed E-state index contributed by atoms with van der Waals surface area (Å²) in [6.07, 6.45) is 2.11. The fourth-order valence-electron chi connectivity index (χ4n) is 6.23. The number of nitrogens with zero attached hydrogens (tertiary/aromatic N) is 2. The number of halogens is 1. The molecule has 3 aliphatic heterocycles. The monoisotopic (exact) mass is 555 g/mol. The second-order valence-electron chi connectivity index (χ2n) is 11.4. The van der Waals surface area contributed by atoms with E-state index in [0.29, 0.717) is 17.7 Å². The van der Waals surface area contributed by atoms with Crippen LogP contribution in [0.4, 0.5) is 4.39 Å². The molecular weight excluding hydrogens is 521 g/mol. The van der Waals surface area contributed by atoms with E-state index in [1.165, 1.54) is 11.0 Å². The van der Waals surface area contributed by atoms with Crippen molar-refractivity contribution in [3.05, 3.63) is 99.9 Å². The van der Waals surface area contributed by atoms with Crippen molar-refractivity contribution in [1.29, 1.82) is 0 Å². The van der Waals surface area contributed by atoms with Crippen LogP contribution in [0.3, 0.4) is 0 Å². The van der Waals surface area contributed by atoms with Crippen molar-refractivity contribution in [2.45, 2.75) is 64.3 Å². The van der Waals surface area contributed by atoms with E-state index >= 15 is 4.39 Å². The fourth-order valence-corrected chi connectivity index (χ4v) is 6.23. The molecule has 3 aromatic carbocycles. The summed E-state index contributed by atoms with van der Waals surface area (Å²) in [5.41, 5.74) is 5.12. The number of nitrogens with one attached hydrogen (secondary N) is 1. The summed E-state index contributed by atoms with van der Waals surface area (Å²) in [5.74, 6) is -0.547. The number of carbonyl (C=O) groups is 3. The zero-order valence-corrected chi connectivity index (χ0v) is 23.2. The van der Waals surface area contributed by atoms with Gasteiger partial charge in [-0.15, -0.1) is 0 Å². The van der Waals surface area contributed by atoms with Crippen LogP contribution in [0.15, 0.2) is 60.7 Å². The van der Waals surface area contributed by atoms with Crippen molar-refractivity contribution in [1.82, 2.24) is 15.1 Å². The molecule has 0 spiro atoms. The highest BCUT2D eigenvalue weighted by Crippen LogP contribution is 2.36. The van der Waals surface area contributed by atoms with Gasteiger partial charge in [0, 0.05) is 30.6 Å². The maximum atomic E-state index is 15.3. The minimum atomic E-state index is -0.703. The number of hydrogen-bond donors (Lipinski definition) is 1. The molecule has 3 aromatic rings. The molecule has 0 saturated carbocycles. The van der Waals surface area contributed by atoms with Gasteiger partial charge in [0.2, 0.25) is 11.8 Å². The van der Waals surface area contributed by atoms with Gasteiger partial charge >= 0.3 is 0 Å². The van der Waals surface area contributed by atoms with Crippen molar-refractivity contribution >= 4 is 17.7 Å². The van der Waals surface area contributed by atoms with Crippen molar-refractivity contribution < 1.29 is 23.5 Å². The molecule has 1 N–H and O–H groups in total. The highest BCUT2D eigenvalue weighted by molar-refractivity contribution is 6.05. The predicted molar refractivity (Wildman–Crippen MR) is 152 cm³/mol. The van der Waals surface area contributed by atoms with Gasteiger partial charge < -0.3 is 9.64 Å². The van der Waals surface area contributed by atoms with Gasteiger partial charge in [0.15, 0.2) is 0 Å². The van der Waals surface area contributed by atoms with Crippen molar-refractivity contribution in [3.63, 3.8) is 0 Å². The van der Waals surface area contributed by atoms with E-state index in [-0.39, 0.29) is 42.9 Å². The van der Waals surface area contributed by atoms with E-state index in [1.807, 2.05) is 24.3 Å². The molecule has 2 fully saturated rings. The van der Waals surface area contributed by atoms with Crippen LogP contribution in [0, 0.1) is 12.7 Å². The van der Waals surface area contributed by atoms with Crippen LogP contribution in [-0.2, 0) is 29.3 Å². The Morgan fingerprint density at radius 1 is 0.976 bits per heavy atom. The van der Waals surface area contributed by atoms with Gasteiger partial charge in [-0.3, -0.25) is 24.6 Å². The molecule has 0 aromatic heterocycles. The van der Waals surface area contributed by atoms with Gasteiger partial charge in [0.05, 0.1) is 0 Å². The second-order valence-corrected chi connectivity index (χ2v) is 11.4. The van der Waals surface area contributed by atoms with Gasteiger partial charge in [0.25, 0.3) is 5.91 Å². The maximum Gasteiger partial charge on any atom is 0.255 e. The third-order valence-corrected chi connectivity index (χ3v) is 8.52. The molecule has 2 saturated heterocycles. The lowest BCUT2D eigenvalue weighted by Crippen LogP contribution is -2.52.